The molecule has 1 aromatic carbocycles. The average Bonchev–Trinajstić information content (AvgIpc) is 2.64. The van der Waals surface area contributed by atoms with Gasteiger partial charge in [0.15, 0.2) is 0 Å². The Morgan fingerprint density at radius 1 is 0.900 bits per heavy atom. The Kier molecular flexibility index (Phi) is 10.3. The molecule has 8 heteroatoms. The van der Waals surface area contributed by atoms with Crippen LogP contribution in [-0.2, 0) is 25.5 Å². The SMILES string of the molecule is CC(C)C[C@H](NC(=O)OCc1ccccc1)C(=O)N[C@@H](CC(C)C)C(=O)P(C)(C)=O. The number of amides is 2. The van der Waals surface area contributed by atoms with Crippen molar-refractivity contribution in [2.45, 2.75) is 59.2 Å². The molecule has 0 aliphatic rings. The lowest BCUT2D eigenvalue weighted by Gasteiger charge is -2.25. The van der Waals surface area contributed by atoms with Gasteiger partial charge in [-0.1, -0.05) is 58.0 Å². The fourth-order valence-electron chi connectivity index (χ4n) is 2.95. The van der Waals surface area contributed by atoms with Gasteiger partial charge in [-0.15, -0.1) is 0 Å². The van der Waals surface area contributed by atoms with Gasteiger partial charge in [-0.2, -0.15) is 0 Å². The molecular weight excluding hydrogens is 403 g/mol. The van der Waals surface area contributed by atoms with Gasteiger partial charge in [0.1, 0.15) is 19.8 Å². The maximum absolute atomic E-state index is 12.9. The molecule has 0 fully saturated rings. The summed E-state index contributed by atoms with van der Waals surface area (Å²) in [6.45, 7) is 10.6. The van der Waals surface area contributed by atoms with Crippen molar-refractivity contribution in [2.75, 3.05) is 13.3 Å². The summed E-state index contributed by atoms with van der Waals surface area (Å²) in [6.07, 6.45) is 0.0523. The molecule has 0 saturated heterocycles. The van der Waals surface area contributed by atoms with Crippen molar-refractivity contribution in [3.63, 3.8) is 0 Å². The van der Waals surface area contributed by atoms with E-state index < -0.39 is 36.8 Å². The van der Waals surface area contributed by atoms with Crippen molar-refractivity contribution in [1.29, 1.82) is 0 Å². The number of benzene rings is 1. The quantitative estimate of drug-likeness (QED) is 0.509. The van der Waals surface area contributed by atoms with Crippen LogP contribution in [0.1, 0.15) is 46.1 Å². The lowest BCUT2D eigenvalue weighted by molar-refractivity contribution is -0.127. The summed E-state index contributed by atoms with van der Waals surface area (Å²) in [5, 5.41) is 5.31. The number of alkyl carbamates (subject to hydrolysis) is 1. The first-order chi connectivity index (χ1) is 13.9. The van der Waals surface area contributed by atoms with Crippen molar-refractivity contribution < 1.29 is 23.7 Å². The van der Waals surface area contributed by atoms with E-state index in [1.54, 1.807) is 0 Å². The van der Waals surface area contributed by atoms with Gasteiger partial charge in [-0.25, -0.2) is 4.79 Å². The topological polar surface area (TPSA) is 102 Å². The van der Waals surface area contributed by atoms with E-state index in [4.69, 9.17) is 4.74 Å². The predicted octanol–water partition coefficient (Wildman–Crippen LogP) is 4.01. The van der Waals surface area contributed by atoms with Crippen molar-refractivity contribution in [1.82, 2.24) is 10.6 Å². The highest BCUT2D eigenvalue weighted by Gasteiger charge is 2.33. The van der Waals surface area contributed by atoms with Gasteiger partial charge >= 0.3 is 6.09 Å². The van der Waals surface area contributed by atoms with E-state index in [-0.39, 0.29) is 18.4 Å². The van der Waals surface area contributed by atoms with Crippen molar-refractivity contribution >= 4 is 24.7 Å². The molecule has 0 radical (unpaired) electrons. The minimum atomic E-state index is -3.02. The molecule has 0 spiro atoms. The second kappa shape index (κ2) is 11.9. The number of ether oxygens (including phenoxy) is 1. The van der Waals surface area contributed by atoms with Gasteiger partial charge in [0, 0.05) is 0 Å². The van der Waals surface area contributed by atoms with Crippen LogP contribution in [0.2, 0.25) is 0 Å². The Hall–Kier alpha value is -2.14. The van der Waals surface area contributed by atoms with Crippen LogP contribution in [-0.4, -0.2) is 42.9 Å². The summed E-state index contributed by atoms with van der Waals surface area (Å²) in [5.41, 5.74) is 0.376. The molecule has 1 aromatic rings. The fourth-order valence-corrected chi connectivity index (χ4v) is 3.87. The largest absolute Gasteiger partial charge is 0.445 e. The Morgan fingerprint density at radius 2 is 1.43 bits per heavy atom. The van der Waals surface area contributed by atoms with Gasteiger partial charge in [0.05, 0.1) is 6.04 Å². The van der Waals surface area contributed by atoms with Crippen LogP contribution in [0, 0.1) is 11.8 Å². The molecule has 2 atom stereocenters. The molecule has 168 valence electrons. The lowest BCUT2D eigenvalue weighted by Crippen LogP contribution is -2.52. The van der Waals surface area contributed by atoms with E-state index in [9.17, 15) is 18.9 Å². The van der Waals surface area contributed by atoms with Crippen LogP contribution in [0.3, 0.4) is 0 Å². The lowest BCUT2D eigenvalue weighted by atomic mass is 10.0. The van der Waals surface area contributed by atoms with E-state index in [1.165, 1.54) is 13.3 Å². The molecule has 0 saturated carbocycles. The summed E-state index contributed by atoms with van der Waals surface area (Å²) in [4.78, 5) is 37.7. The number of nitrogens with one attached hydrogen (secondary N) is 2. The highest BCUT2D eigenvalue weighted by Crippen LogP contribution is 2.39. The molecule has 2 N–H and O–H groups in total. The third-order valence-corrected chi connectivity index (χ3v) is 5.75. The smallest absolute Gasteiger partial charge is 0.408 e. The standard InChI is InChI=1S/C22H35N2O5P/c1-15(2)12-18(24-22(27)29-14-17-10-8-7-9-11-17)20(25)23-19(13-16(3)4)21(26)30(5,6)28/h7-11,15-16,18-19H,12-14H2,1-6H3,(H,23,25)(H,24,27)/t18-,19-/m0/s1. The highest BCUT2D eigenvalue weighted by molar-refractivity contribution is 7.79. The molecule has 1 rings (SSSR count). The van der Waals surface area contributed by atoms with Crippen LogP contribution in [0.25, 0.3) is 0 Å². The number of rotatable bonds is 11. The molecule has 2 amide bonds. The molecule has 0 unspecified atom stereocenters. The van der Waals surface area contributed by atoms with Gasteiger partial charge in [0.2, 0.25) is 11.4 Å². The first-order valence-corrected chi connectivity index (χ1v) is 12.9. The number of hydrogen-bond acceptors (Lipinski definition) is 5. The molecular formula is C22H35N2O5P. The zero-order valence-electron chi connectivity index (χ0n) is 18.8. The molecule has 0 aliphatic heterocycles. The molecule has 0 aliphatic carbocycles. The van der Waals surface area contributed by atoms with Crippen molar-refractivity contribution in [3.05, 3.63) is 35.9 Å². The second-order valence-electron chi connectivity index (χ2n) is 8.77. The normalized spacial score (nSPS) is 13.6. The van der Waals surface area contributed by atoms with E-state index in [0.717, 1.165) is 5.56 Å². The number of hydrogen-bond donors (Lipinski definition) is 2. The maximum Gasteiger partial charge on any atom is 0.408 e. The Bertz CT molecular complexity index is 758. The van der Waals surface area contributed by atoms with Crippen LogP contribution < -0.4 is 10.6 Å². The van der Waals surface area contributed by atoms with E-state index in [1.807, 2.05) is 58.0 Å². The average molecular weight is 439 g/mol. The minimum Gasteiger partial charge on any atom is -0.445 e. The number of carbonyl (C=O) groups excluding carboxylic acids is 3. The third-order valence-electron chi connectivity index (χ3n) is 4.38. The molecule has 30 heavy (non-hydrogen) atoms. The van der Waals surface area contributed by atoms with Crippen LogP contribution in [0.4, 0.5) is 4.79 Å². The first kappa shape index (κ1) is 25.9. The van der Waals surface area contributed by atoms with Crippen LogP contribution in [0.5, 0.6) is 0 Å². The summed E-state index contributed by atoms with van der Waals surface area (Å²) >= 11 is 0. The van der Waals surface area contributed by atoms with Crippen LogP contribution in [0.15, 0.2) is 30.3 Å². The minimum absolute atomic E-state index is 0.0893. The molecule has 7 nitrogen and oxygen atoms in total. The van der Waals surface area contributed by atoms with Gasteiger partial charge in [-0.05, 0) is 43.6 Å². The summed E-state index contributed by atoms with van der Waals surface area (Å²) in [5.74, 6) is -0.233. The van der Waals surface area contributed by atoms with Crippen molar-refractivity contribution in [2.24, 2.45) is 11.8 Å². The van der Waals surface area contributed by atoms with Crippen LogP contribution >= 0.6 is 7.14 Å². The molecule has 0 aromatic heterocycles. The third kappa shape index (κ3) is 9.57. The summed E-state index contributed by atoms with van der Waals surface area (Å²) in [6, 6.07) is 7.52. The zero-order valence-corrected chi connectivity index (χ0v) is 19.7. The van der Waals surface area contributed by atoms with E-state index in [0.29, 0.717) is 12.8 Å². The van der Waals surface area contributed by atoms with Crippen molar-refractivity contribution in [3.8, 4) is 0 Å². The Labute approximate surface area is 179 Å². The maximum atomic E-state index is 12.9. The monoisotopic (exact) mass is 438 g/mol. The Morgan fingerprint density at radius 3 is 1.93 bits per heavy atom. The predicted molar refractivity (Wildman–Crippen MR) is 119 cm³/mol. The summed E-state index contributed by atoms with van der Waals surface area (Å²) < 4.78 is 17.5. The zero-order chi connectivity index (χ0) is 22.9. The van der Waals surface area contributed by atoms with E-state index >= 15 is 0 Å². The summed E-state index contributed by atoms with van der Waals surface area (Å²) in [7, 11) is -3.02. The van der Waals surface area contributed by atoms with Gasteiger partial charge in [0.25, 0.3) is 0 Å². The van der Waals surface area contributed by atoms with E-state index in [2.05, 4.69) is 10.6 Å². The molecule has 0 heterocycles. The first-order valence-electron chi connectivity index (χ1n) is 10.3. The Balaban J connectivity index is 2.83. The fraction of sp³-hybridized carbons (Fsp3) is 0.591. The van der Waals surface area contributed by atoms with Gasteiger partial charge in [-0.3, -0.25) is 9.59 Å². The molecule has 0 bridgehead atoms. The number of carbonyl (C=O) groups is 3. The highest BCUT2D eigenvalue weighted by atomic mass is 31.2. The second-order valence-corrected chi connectivity index (χ2v) is 11.9. The van der Waals surface area contributed by atoms with Gasteiger partial charge < -0.3 is 19.9 Å².